The molecule has 0 aliphatic heterocycles. The van der Waals surface area contributed by atoms with Crippen LogP contribution in [0.1, 0.15) is 20.3 Å². The average molecular weight is 326 g/mol. The van der Waals surface area contributed by atoms with Crippen LogP contribution in [0.25, 0.3) is 0 Å². The molecular weight excluding hydrogens is 310 g/mol. The lowest BCUT2D eigenvalue weighted by Crippen LogP contribution is -2.32. The molecule has 108 valence electrons. The van der Waals surface area contributed by atoms with Gasteiger partial charge in [0.2, 0.25) is 10.0 Å². The lowest BCUT2D eigenvalue weighted by molar-refractivity contribution is 0.555. The Morgan fingerprint density at radius 3 is 2.32 bits per heavy atom. The largest absolute Gasteiger partial charge is 0.242 e. The summed E-state index contributed by atoms with van der Waals surface area (Å²) < 4.78 is 49.5. The first kappa shape index (κ1) is 16.4. The highest BCUT2D eigenvalue weighted by Crippen LogP contribution is 2.25. The Morgan fingerprint density at radius 2 is 1.84 bits per heavy atom. The van der Waals surface area contributed by atoms with Crippen molar-refractivity contribution in [2.45, 2.75) is 36.1 Å². The zero-order valence-corrected chi connectivity index (χ0v) is 13.2. The van der Waals surface area contributed by atoms with Gasteiger partial charge in [-0.2, -0.15) is 0 Å². The third kappa shape index (κ3) is 4.17. The number of nitrogens with one attached hydrogen (secondary N) is 1. The molecule has 1 aromatic carbocycles. The minimum Gasteiger partial charge on any atom is -0.224 e. The second-order valence-corrected chi connectivity index (χ2v) is 8.40. The second-order valence-electron chi connectivity index (χ2n) is 4.29. The van der Waals surface area contributed by atoms with Crippen molar-refractivity contribution in [3.63, 3.8) is 0 Å². The summed E-state index contributed by atoms with van der Waals surface area (Å²) in [5, 5.41) is -0.0109. The van der Waals surface area contributed by atoms with Crippen LogP contribution in [0.2, 0.25) is 5.02 Å². The average Bonchev–Trinajstić information content (AvgIpc) is 2.26. The van der Waals surface area contributed by atoms with Crippen molar-refractivity contribution in [1.29, 1.82) is 0 Å². The van der Waals surface area contributed by atoms with E-state index >= 15 is 0 Å². The van der Waals surface area contributed by atoms with Gasteiger partial charge >= 0.3 is 0 Å². The van der Waals surface area contributed by atoms with Crippen LogP contribution in [0.3, 0.4) is 0 Å². The smallest absolute Gasteiger partial charge is 0.224 e. The minimum atomic E-state index is -3.83. The van der Waals surface area contributed by atoms with E-state index in [0.717, 1.165) is 12.3 Å². The molecule has 5 nitrogen and oxygen atoms in total. The van der Waals surface area contributed by atoms with E-state index in [1.807, 2.05) is 6.92 Å². The molecule has 1 aromatic rings. The summed E-state index contributed by atoms with van der Waals surface area (Å²) in [6.07, 6.45) is 1.62. The summed E-state index contributed by atoms with van der Waals surface area (Å²) in [4.78, 5) is -0.307. The highest BCUT2D eigenvalue weighted by atomic mass is 35.5. The maximum atomic E-state index is 12.1. The van der Waals surface area contributed by atoms with Gasteiger partial charge in [-0.3, -0.25) is 0 Å². The SMILES string of the molecule is CCC(C)NS(=O)(=O)c1cc(S(C)(=O)=O)ccc1Cl. The van der Waals surface area contributed by atoms with Gasteiger partial charge in [-0.1, -0.05) is 18.5 Å². The molecule has 0 saturated heterocycles. The van der Waals surface area contributed by atoms with E-state index in [-0.39, 0.29) is 20.9 Å². The van der Waals surface area contributed by atoms with Crippen LogP contribution < -0.4 is 4.72 Å². The first-order chi connectivity index (χ1) is 8.58. The van der Waals surface area contributed by atoms with Crippen molar-refractivity contribution in [2.75, 3.05) is 6.26 Å². The lowest BCUT2D eigenvalue weighted by atomic mass is 10.3. The lowest BCUT2D eigenvalue weighted by Gasteiger charge is -2.13. The summed E-state index contributed by atoms with van der Waals surface area (Å²) in [7, 11) is -7.32. The monoisotopic (exact) mass is 325 g/mol. The third-order valence-electron chi connectivity index (χ3n) is 2.59. The van der Waals surface area contributed by atoms with E-state index in [1.54, 1.807) is 6.92 Å². The molecule has 1 rings (SSSR count). The molecule has 0 spiro atoms. The fraction of sp³-hybridized carbons (Fsp3) is 0.455. The van der Waals surface area contributed by atoms with E-state index in [0.29, 0.717) is 6.42 Å². The normalized spacial score (nSPS) is 14.3. The third-order valence-corrected chi connectivity index (χ3v) is 5.77. The van der Waals surface area contributed by atoms with Gasteiger partial charge in [0.1, 0.15) is 4.90 Å². The number of hydrogen-bond donors (Lipinski definition) is 1. The van der Waals surface area contributed by atoms with Crippen molar-refractivity contribution in [1.82, 2.24) is 4.72 Å². The van der Waals surface area contributed by atoms with E-state index in [2.05, 4.69) is 4.72 Å². The Balaban J connectivity index is 3.34. The fourth-order valence-electron chi connectivity index (χ4n) is 1.33. The van der Waals surface area contributed by atoms with Crippen LogP contribution in [0.4, 0.5) is 0 Å². The standard InChI is InChI=1S/C11H16ClNO4S2/c1-4-8(2)13-19(16,17)11-7-9(18(3,14)15)5-6-10(11)12/h5-8,13H,4H2,1-3H3. The van der Waals surface area contributed by atoms with Crippen LogP contribution in [0.5, 0.6) is 0 Å². The van der Waals surface area contributed by atoms with Gasteiger partial charge in [-0.25, -0.2) is 21.6 Å². The molecule has 1 atom stereocenters. The van der Waals surface area contributed by atoms with E-state index in [1.165, 1.54) is 12.1 Å². The van der Waals surface area contributed by atoms with E-state index in [4.69, 9.17) is 11.6 Å². The first-order valence-electron chi connectivity index (χ1n) is 5.60. The Labute approximate surface area is 118 Å². The highest BCUT2D eigenvalue weighted by molar-refractivity contribution is 7.91. The number of halogens is 1. The number of benzene rings is 1. The predicted molar refractivity (Wildman–Crippen MR) is 74.6 cm³/mol. The van der Waals surface area contributed by atoms with Gasteiger partial charge in [0, 0.05) is 12.3 Å². The van der Waals surface area contributed by atoms with Gasteiger partial charge in [-0.05, 0) is 31.5 Å². The summed E-state index contributed by atoms with van der Waals surface area (Å²) in [6, 6.07) is 3.36. The van der Waals surface area contributed by atoms with Crippen molar-refractivity contribution in [3.05, 3.63) is 23.2 Å². The van der Waals surface area contributed by atoms with Gasteiger partial charge in [0.05, 0.1) is 9.92 Å². The predicted octanol–water partition coefficient (Wildman–Crippen LogP) is 1.82. The Morgan fingerprint density at radius 1 is 1.26 bits per heavy atom. The Bertz CT molecular complexity index is 668. The molecular formula is C11H16ClNO4S2. The van der Waals surface area contributed by atoms with E-state index < -0.39 is 19.9 Å². The van der Waals surface area contributed by atoms with Crippen LogP contribution in [-0.2, 0) is 19.9 Å². The van der Waals surface area contributed by atoms with Gasteiger partial charge < -0.3 is 0 Å². The molecule has 0 aliphatic rings. The van der Waals surface area contributed by atoms with E-state index in [9.17, 15) is 16.8 Å². The summed E-state index contributed by atoms with van der Waals surface area (Å²) in [5.74, 6) is 0. The molecule has 0 aliphatic carbocycles. The molecule has 0 saturated carbocycles. The molecule has 0 radical (unpaired) electrons. The molecule has 19 heavy (non-hydrogen) atoms. The molecule has 8 heteroatoms. The number of hydrogen-bond acceptors (Lipinski definition) is 4. The number of rotatable bonds is 5. The molecule has 0 bridgehead atoms. The van der Waals surface area contributed by atoms with Gasteiger partial charge in [0.15, 0.2) is 9.84 Å². The second kappa shape index (κ2) is 5.78. The summed E-state index contributed by atoms with van der Waals surface area (Å²) >= 11 is 5.84. The van der Waals surface area contributed by atoms with Crippen LogP contribution in [0, 0.1) is 0 Å². The molecule has 1 N–H and O–H groups in total. The van der Waals surface area contributed by atoms with Crippen molar-refractivity contribution in [2.24, 2.45) is 0 Å². The van der Waals surface area contributed by atoms with Gasteiger partial charge in [-0.15, -0.1) is 0 Å². The molecule has 1 unspecified atom stereocenters. The quantitative estimate of drug-likeness (QED) is 0.895. The topological polar surface area (TPSA) is 80.3 Å². The van der Waals surface area contributed by atoms with Crippen LogP contribution in [0.15, 0.2) is 28.0 Å². The van der Waals surface area contributed by atoms with Crippen LogP contribution >= 0.6 is 11.6 Å². The summed E-state index contributed by atoms with van der Waals surface area (Å²) in [6.45, 7) is 3.55. The molecule has 0 amide bonds. The van der Waals surface area contributed by atoms with Crippen LogP contribution in [-0.4, -0.2) is 29.1 Å². The Hall–Kier alpha value is -0.630. The summed E-state index contributed by atoms with van der Waals surface area (Å²) in [5.41, 5.74) is 0. The number of sulfonamides is 1. The van der Waals surface area contributed by atoms with Gasteiger partial charge in [0.25, 0.3) is 0 Å². The molecule has 0 fully saturated rings. The number of sulfone groups is 1. The zero-order valence-electron chi connectivity index (χ0n) is 10.8. The maximum absolute atomic E-state index is 12.1. The Kier molecular flexibility index (Phi) is 5.00. The fourth-order valence-corrected chi connectivity index (χ4v) is 3.91. The van der Waals surface area contributed by atoms with Crippen molar-refractivity contribution in [3.8, 4) is 0 Å². The molecule has 0 heterocycles. The van der Waals surface area contributed by atoms with Crippen molar-refractivity contribution >= 4 is 31.5 Å². The van der Waals surface area contributed by atoms with Crippen molar-refractivity contribution < 1.29 is 16.8 Å². The highest BCUT2D eigenvalue weighted by Gasteiger charge is 2.22. The first-order valence-corrected chi connectivity index (χ1v) is 9.35. The minimum absolute atomic E-state index is 0.0109. The zero-order chi connectivity index (χ0) is 14.8. The maximum Gasteiger partial charge on any atom is 0.242 e. The molecule has 0 aromatic heterocycles.